The molecule has 2 heterocycles. The Morgan fingerprint density at radius 1 is 1.16 bits per heavy atom. The lowest BCUT2D eigenvalue weighted by atomic mass is 9.92. The van der Waals surface area contributed by atoms with Crippen molar-refractivity contribution in [1.82, 2.24) is 4.90 Å². The van der Waals surface area contributed by atoms with Gasteiger partial charge in [-0.05, 0) is 42.5 Å². The zero-order valence-electron chi connectivity index (χ0n) is 14.6. The minimum atomic E-state index is 0.107. The van der Waals surface area contributed by atoms with Gasteiger partial charge >= 0.3 is 0 Å². The second-order valence-corrected chi connectivity index (χ2v) is 7.32. The summed E-state index contributed by atoms with van der Waals surface area (Å²) in [6, 6.07) is 16.6. The number of thiophene rings is 1. The van der Waals surface area contributed by atoms with E-state index >= 15 is 0 Å². The van der Waals surface area contributed by atoms with Crippen LogP contribution < -0.4 is 0 Å². The molecular weight excluding hydrogens is 330 g/mol. The molecule has 0 spiro atoms. The monoisotopic (exact) mass is 353 g/mol. The zero-order chi connectivity index (χ0) is 17.6. The summed E-state index contributed by atoms with van der Waals surface area (Å²) < 4.78 is 5.68. The van der Waals surface area contributed by atoms with Crippen molar-refractivity contribution in [2.24, 2.45) is 0 Å². The SMILES string of the molecule is CC(=O)N(CC[C@H](c1ccc(C)cc1)c1ccco1)Cc1cccs1. The summed E-state index contributed by atoms with van der Waals surface area (Å²) in [6.45, 7) is 5.10. The summed E-state index contributed by atoms with van der Waals surface area (Å²) >= 11 is 1.69. The Kier molecular flexibility index (Phi) is 5.71. The molecule has 0 bridgehead atoms. The largest absolute Gasteiger partial charge is 0.469 e. The molecular formula is C21H23NO2S. The van der Waals surface area contributed by atoms with Crippen molar-refractivity contribution in [2.75, 3.05) is 6.54 Å². The van der Waals surface area contributed by atoms with Crippen LogP contribution in [-0.4, -0.2) is 17.4 Å². The highest BCUT2D eigenvalue weighted by molar-refractivity contribution is 7.09. The molecule has 0 fully saturated rings. The van der Waals surface area contributed by atoms with Crippen molar-refractivity contribution in [3.63, 3.8) is 0 Å². The topological polar surface area (TPSA) is 33.5 Å². The molecule has 130 valence electrons. The van der Waals surface area contributed by atoms with Gasteiger partial charge in [0.05, 0.1) is 12.8 Å². The van der Waals surface area contributed by atoms with E-state index in [1.54, 1.807) is 24.5 Å². The summed E-state index contributed by atoms with van der Waals surface area (Å²) in [6.07, 6.45) is 2.55. The van der Waals surface area contributed by atoms with Gasteiger partial charge in [-0.1, -0.05) is 35.9 Å². The van der Waals surface area contributed by atoms with E-state index in [9.17, 15) is 4.79 Å². The van der Waals surface area contributed by atoms with Crippen LogP contribution in [0.25, 0.3) is 0 Å². The molecule has 0 saturated heterocycles. The number of carbonyl (C=O) groups is 1. The summed E-state index contributed by atoms with van der Waals surface area (Å²) in [5.41, 5.74) is 2.46. The first-order valence-corrected chi connectivity index (χ1v) is 9.39. The first kappa shape index (κ1) is 17.5. The van der Waals surface area contributed by atoms with E-state index in [-0.39, 0.29) is 11.8 Å². The zero-order valence-corrected chi connectivity index (χ0v) is 15.5. The number of rotatable bonds is 7. The van der Waals surface area contributed by atoms with Crippen LogP contribution in [-0.2, 0) is 11.3 Å². The highest BCUT2D eigenvalue weighted by Gasteiger charge is 2.19. The molecule has 1 amide bonds. The number of carbonyl (C=O) groups excluding carboxylic acids is 1. The molecule has 3 aromatic rings. The fourth-order valence-electron chi connectivity index (χ4n) is 2.98. The van der Waals surface area contributed by atoms with Gasteiger partial charge in [-0.2, -0.15) is 0 Å². The van der Waals surface area contributed by atoms with E-state index in [0.29, 0.717) is 13.1 Å². The molecule has 0 aliphatic heterocycles. The van der Waals surface area contributed by atoms with Crippen LogP contribution in [0.4, 0.5) is 0 Å². The van der Waals surface area contributed by atoms with Crippen molar-refractivity contribution in [2.45, 2.75) is 32.7 Å². The third-order valence-electron chi connectivity index (χ3n) is 4.43. The molecule has 0 saturated carbocycles. The van der Waals surface area contributed by atoms with Crippen molar-refractivity contribution in [3.8, 4) is 0 Å². The van der Waals surface area contributed by atoms with Crippen LogP contribution in [0.15, 0.2) is 64.6 Å². The maximum absolute atomic E-state index is 12.1. The van der Waals surface area contributed by atoms with Gasteiger partial charge in [-0.25, -0.2) is 0 Å². The van der Waals surface area contributed by atoms with E-state index in [4.69, 9.17) is 4.42 Å². The average Bonchev–Trinajstić information content (AvgIpc) is 3.29. The van der Waals surface area contributed by atoms with Gasteiger partial charge in [0, 0.05) is 24.3 Å². The molecule has 0 N–H and O–H groups in total. The highest BCUT2D eigenvalue weighted by Crippen LogP contribution is 2.29. The molecule has 2 aromatic heterocycles. The lowest BCUT2D eigenvalue weighted by molar-refractivity contribution is -0.129. The van der Waals surface area contributed by atoms with E-state index in [0.717, 1.165) is 12.2 Å². The van der Waals surface area contributed by atoms with Gasteiger partial charge in [0.1, 0.15) is 5.76 Å². The summed E-state index contributed by atoms with van der Waals surface area (Å²) in [5.74, 6) is 1.21. The van der Waals surface area contributed by atoms with Crippen LogP contribution in [0.5, 0.6) is 0 Å². The van der Waals surface area contributed by atoms with Crippen LogP contribution >= 0.6 is 11.3 Å². The number of aryl methyl sites for hydroxylation is 1. The number of hydrogen-bond donors (Lipinski definition) is 0. The van der Waals surface area contributed by atoms with Crippen LogP contribution in [0.3, 0.4) is 0 Å². The van der Waals surface area contributed by atoms with Gasteiger partial charge in [-0.3, -0.25) is 4.79 Å². The fourth-order valence-corrected chi connectivity index (χ4v) is 3.70. The number of amides is 1. The fraction of sp³-hybridized carbons (Fsp3) is 0.286. The molecule has 3 nitrogen and oxygen atoms in total. The Balaban J connectivity index is 1.75. The third-order valence-corrected chi connectivity index (χ3v) is 5.29. The molecule has 0 aliphatic carbocycles. The van der Waals surface area contributed by atoms with Crippen LogP contribution in [0, 0.1) is 6.92 Å². The van der Waals surface area contributed by atoms with Gasteiger partial charge < -0.3 is 9.32 Å². The predicted molar refractivity (Wildman–Crippen MR) is 102 cm³/mol. The Bertz CT molecular complexity index is 776. The average molecular weight is 353 g/mol. The van der Waals surface area contributed by atoms with Gasteiger partial charge in [0.25, 0.3) is 0 Å². The van der Waals surface area contributed by atoms with E-state index < -0.39 is 0 Å². The number of hydrogen-bond acceptors (Lipinski definition) is 3. The van der Waals surface area contributed by atoms with E-state index in [1.807, 2.05) is 28.5 Å². The number of furan rings is 1. The summed E-state index contributed by atoms with van der Waals surface area (Å²) in [5, 5.41) is 2.05. The van der Waals surface area contributed by atoms with Gasteiger partial charge in [0.2, 0.25) is 5.91 Å². The predicted octanol–water partition coefficient (Wildman–Crippen LogP) is 5.22. The second kappa shape index (κ2) is 8.17. The molecule has 0 unspecified atom stereocenters. The third kappa shape index (κ3) is 4.60. The maximum Gasteiger partial charge on any atom is 0.219 e. The maximum atomic E-state index is 12.1. The normalized spacial score (nSPS) is 12.1. The van der Waals surface area contributed by atoms with E-state index in [1.165, 1.54) is 16.0 Å². The number of benzene rings is 1. The Morgan fingerprint density at radius 3 is 2.56 bits per heavy atom. The van der Waals surface area contributed by atoms with Crippen molar-refractivity contribution < 1.29 is 9.21 Å². The minimum absolute atomic E-state index is 0.107. The van der Waals surface area contributed by atoms with Crippen molar-refractivity contribution >= 4 is 17.2 Å². The van der Waals surface area contributed by atoms with Gasteiger partial charge in [0.15, 0.2) is 0 Å². The highest BCUT2D eigenvalue weighted by atomic mass is 32.1. The van der Waals surface area contributed by atoms with Crippen molar-refractivity contribution in [3.05, 3.63) is 81.9 Å². The molecule has 0 radical (unpaired) electrons. The Morgan fingerprint density at radius 2 is 1.96 bits per heavy atom. The van der Waals surface area contributed by atoms with E-state index in [2.05, 4.69) is 37.3 Å². The van der Waals surface area contributed by atoms with Crippen molar-refractivity contribution in [1.29, 1.82) is 0 Å². The first-order valence-electron chi connectivity index (χ1n) is 8.51. The quantitative estimate of drug-likeness (QED) is 0.583. The minimum Gasteiger partial charge on any atom is -0.469 e. The second-order valence-electron chi connectivity index (χ2n) is 6.29. The summed E-state index contributed by atoms with van der Waals surface area (Å²) in [4.78, 5) is 15.2. The first-order chi connectivity index (χ1) is 12.1. The van der Waals surface area contributed by atoms with Crippen LogP contribution in [0.1, 0.15) is 41.0 Å². The molecule has 4 heteroatoms. The Hall–Kier alpha value is -2.33. The number of nitrogens with zero attached hydrogens (tertiary/aromatic N) is 1. The van der Waals surface area contributed by atoms with Gasteiger partial charge in [-0.15, -0.1) is 11.3 Å². The summed E-state index contributed by atoms with van der Waals surface area (Å²) in [7, 11) is 0. The molecule has 3 rings (SSSR count). The lowest BCUT2D eigenvalue weighted by Gasteiger charge is -2.23. The van der Waals surface area contributed by atoms with Crippen LogP contribution in [0.2, 0.25) is 0 Å². The Labute approximate surface area is 152 Å². The molecule has 0 aliphatic rings. The standard InChI is InChI=1S/C21H23NO2S/c1-16-7-9-18(10-8-16)20(21-6-3-13-24-21)11-12-22(17(2)23)15-19-5-4-14-25-19/h3-10,13-14,20H,11-12,15H2,1-2H3/t20-/m1/s1. The molecule has 1 aromatic carbocycles. The molecule has 25 heavy (non-hydrogen) atoms. The smallest absolute Gasteiger partial charge is 0.219 e. The molecule has 1 atom stereocenters. The lowest BCUT2D eigenvalue weighted by Crippen LogP contribution is -2.30.